The number of hydrogen-bond acceptors (Lipinski definition) is 5. The van der Waals surface area contributed by atoms with E-state index in [1.54, 1.807) is 17.4 Å². The lowest BCUT2D eigenvalue weighted by molar-refractivity contribution is -0.118. The Morgan fingerprint density at radius 2 is 1.96 bits per heavy atom. The number of carbonyl (C=O) groups is 1. The number of halogens is 1. The molecule has 0 aliphatic rings. The third-order valence-corrected chi connectivity index (χ3v) is 5.47. The van der Waals surface area contributed by atoms with E-state index in [1.165, 1.54) is 18.0 Å². The quantitative estimate of drug-likeness (QED) is 0.376. The van der Waals surface area contributed by atoms with Gasteiger partial charge in [-0.2, -0.15) is 5.10 Å². The van der Waals surface area contributed by atoms with E-state index in [1.807, 2.05) is 54.6 Å². The van der Waals surface area contributed by atoms with Gasteiger partial charge in [-0.25, -0.2) is 10.4 Å². The minimum absolute atomic E-state index is 0.204. The smallest absolute Gasteiger partial charge is 0.250 e. The van der Waals surface area contributed by atoms with Gasteiger partial charge in [0.2, 0.25) is 0 Å². The highest BCUT2D eigenvalue weighted by atomic mass is 35.5. The number of hydrazone groups is 1. The van der Waals surface area contributed by atoms with Crippen molar-refractivity contribution < 1.29 is 4.79 Å². The summed E-state index contributed by atoms with van der Waals surface area (Å²) in [5.74, 6) is 0.0432. The van der Waals surface area contributed by atoms with Crippen molar-refractivity contribution in [3.63, 3.8) is 0 Å². The van der Waals surface area contributed by atoms with Gasteiger partial charge < -0.3 is 0 Å². The summed E-state index contributed by atoms with van der Waals surface area (Å²) in [7, 11) is 0. The Bertz CT molecular complexity index is 889. The van der Waals surface area contributed by atoms with E-state index in [-0.39, 0.29) is 11.7 Å². The number of fused-ring (bicyclic) bond motifs is 1. The van der Waals surface area contributed by atoms with Crippen LogP contribution in [-0.4, -0.2) is 22.9 Å². The number of thiazole rings is 1. The fourth-order valence-corrected chi connectivity index (χ4v) is 4.02. The van der Waals surface area contributed by atoms with Crippen molar-refractivity contribution in [1.82, 2.24) is 10.4 Å². The summed E-state index contributed by atoms with van der Waals surface area (Å²) in [6, 6.07) is 17.6. The molecule has 0 fully saturated rings. The lowest BCUT2D eigenvalue weighted by Gasteiger charge is -1.97. The first kappa shape index (κ1) is 17.7. The Labute approximate surface area is 158 Å². The molecule has 1 aromatic heterocycles. The molecule has 0 aliphatic carbocycles. The Morgan fingerprint density at radius 1 is 1.20 bits per heavy atom. The van der Waals surface area contributed by atoms with E-state index < -0.39 is 0 Å². The Balaban J connectivity index is 1.48. The van der Waals surface area contributed by atoms with Gasteiger partial charge in [-0.05, 0) is 23.8 Å². The van der Waals surface area contributed by atoms with Crippen molar-refractivity contribution in [3.05, 3.63) is 65.2 Å². The average molecular weight is 388 g/mol. The largest absolute Gasteiger partial charge is 0.272 e. The first-order chi connectivity index (χ1) is 12.2. The van der Waals surface area contributed by atoms with Gasteiger partial charge in [0.15, 0.2) is 4.34 Å². The van der Waals surface area contributed by atoms with Crippen LogP contribution >= 0.6 is 34.7 Å². The van der Waals surface area contributed by atoms with E-state index in [0.29, 0.717) is 5.03 Å². The molecular weight excluding hydrogens is 374 g/mol. The van der Waals surface area contributed by atoms with Crippen LogP contribution in [0.1, 0.15) is 5.56 Å². The summed E-state index contributed by atoms with van der Waals surface area (Å²) >= 11 is 9.03. The molecule has 0 bridgehead atoms. The van der Waals surface area contributed by atoms with Crippen molar-refractivity contribution in [2.75, 3.05) is 5.75 Å². The third-order valence-electron chi connectivity index (χ3n) is 3.08. The zero-order valence-corrected chi connectivity index (χ0v) is 15.4. The van der Waals surface area contributed by atoms with E-state index in [9.17, 15) is 4.79 Å². The maximum atomic E-state index is 11.8. The highest BCUT2D eigenvalue weighted by Gasteiger charge is 2.06. The van der Waals surface area contributed by atoms with Crippen molar-refractivity contribution in [2.45, 2.75) is 4.34 Å². The molecule has 1 heterocycles. The Morgan fingerprint density at radius 3 is 2.76 bits per heavy atom. The van der Waals surface area contributed by atoms with Gasteiger partial charge in [0.1, 0.15) is 0 Å². The highest BCUT2D eigenvalue weighted by molar-refractivity contribution is 8.01. The second kappa shape index (κ2) is 8.80. The summed E-state index contributed by atoms with van der Waals surface area (Å²) in [5, 5.41) is 4.30. The molecule has 0 saturated carbocycles. The lowest BCUT2D eigenvalue weighted by Crippen LogP contribution is -2.19. The summed E-state index contributed by atoms with van der Waals surface area (Å²) in [5.41, 5.74) is 4.38. The molecule has 0 aliphatic heterocycles. The summed E-state index contributed by atoms with van der Waals surface area (Å²) in [6.45, 7) is 0. The number of allylic oxidation sites excluding steroid dienone is 1. The summed E-state index contributed by atoms with van der Waals surface area (Å²) in [4.78, 5) is 16.3. The van der Waals surface area contributed by atoms with Crippen LogP contribution in [0.3, 0.4) is 0 Å². The molecule has 0 spiro atoms. The molecular formula is C18H14ClN3OS2. The molecule has 7 heteroatoms. The highest BCUT2D eigenvalue weighted by Crippen LogP contribution is 2.28. The van der Waals surface area contributed by atoms with Crippen molar-refractivity contribution in [2.24, 2.45) is 5.10 Å². The number of thioether (sulfide) groups is 1. The first-order valence-corrected chi connectivity index (χ1v) is 9.61. The minimum Gasteiger partial charge on any atom is -0.272 e. The molecule has 0 saturated heterocycles. The zero-order chi connectivity index (χ0) is 17.5. The minimum atomic E-state index is -0.204. The zero-order valence-electron chi connectivity index (χ0n) is 13.1. The number of carbonyl (C=O) groups excluding carboxylic acids is 1. The molecule has 1 N–H and O–H groups in total. The average Bonchev–Trinajstić information content (AvgIpc) is 3.04. The van der Waals surface area contributed by atoms with Crippen LogP contribution in [0.2, 0.25) is 0 Å². The van der Waals surface area contributed by atoms with Gasteiger partial charge in [-0.3, -0.25) is 4.79 Å². The molecule has 4 nitrogen and oxygen atoms in total. The van der Waals surface area contributed by atoms with Crippen LogP contribution < -0.4 is 5.43 Å². The van der Waals surface area contributed by atoms with Gasteiger partial charge in [0, 0.05) is 0 Å². The van der Waals surface area contributed by atoms with Crippen molar-refractivity contribution in [3.8, 4) is 0 Å². The molecule has 1 amide bonds. The van der Waals surface area contributed by atoms with Gasteiger partial charge in [0.05, 0.1) is 27.2 Å². The van der Waals surface area contributed by atoms with Crippen LogP contribution in [0.4, 0.5) is 0 Å². The van der Waals surface area contributed by atoms with E-state index in [0.717, 1.165) is 20.1 Å². The number of para-hydroxylation sites is 1. The number of aromatic nitrogens is 1. The standard InChI is InChI=1S/C18H14ClN3OS2/c19-14(10-13-6-2-1-3-7-13)11-20-22-17(23)12-24-18-21-15-8-4-5-9-16(15)25-18/h1-11H,12H2,(H,22,23)/b14-10+,20-11+. The first-order valence-electron chi connectivity index (χ1n) is 7.43. The van der Waals surface area contributed by atoms with Crippen molar-refractivity contribution in [1.29, 1.82) is 0 Å². The number of rotatable bonds is 6. The molecule has 3 rings (SSSR count). The number of benzene rings is 2. The molecule has 0 atom stereocenters. The molecule has 0 radical (unpaired) electrons. The van der Waals surface area contributed by atoms with Gasteiger partial charge >= 0.3 is 0 Å². The monoisotopic (exact) mass is 387 g/mol. The second-order valence-corrected chi connectivity index (χ2v) is 7.66. The normalized spacial score (nSPS) is 12.0. The lowest BCUT2D eigenvalue weighted by atomic mass is 10.2. The summed E-state index contributed by atoms with van der Waals surface area (Å²) < 4.78 is 1.98. The van der Waals surface area contributed by atoms with Gasteiger partial charge in [0.25, 0.3) is 5.91 Å². The molecule has 3 aromatic rings. The Kier molecular flexibility index (Phi) is 6.22. The van der Waals surface area contributed by atoms with Crippen LogP contribution in [-0.2, 0) is 4.79 Å². The third kappa shape index (κ3) is 5.42. The fraction of sp³-hybridized carbons (Fsp3) is 0.0556. The fourth-order valence-electron chi connectivity index (χ4n) is 1.98. The molecule has 126 valence electrons. The van der Waals surface area contributed by atoms with E-state index in [2.05, 4.69) is 15.5 Å². The van der Waals surface area contributed by atoms with Gasteiger partial charge in [-0.15, -0.1) is 11.3 Å². The van der Waals surface area contributed by atoms with Crippen LogP contribution in [0.5, 0.6) is 0 Å². The van der Waals surface area contributed by atoms with E-state index >= 15 is 0 Å². The number of hydrogen-bond donors (Lipinski definition) is 1. The summed E-state index contributed by atoms with van der Waals surface area (Å²) in [6.07, 6.45) is 3.18. The SMILES string of the molecule is O=C(CSc1nc2ccccc2s1)N/N=C/C(Cl)=C\c1ccccc1. The molecule has 25 heavy (non-hydrogen) atoms. The Hall–Kier alpha value is -2.15. The van der Waals surface area contributed by atoms with Crippen LogP contribution in [0.15, 0.2) is 69.1 Å². The maximum Gasteiger partial charge on any atom is 0.250 e. The maximum absolute atomic E-state index is 11.8. The van der Waals surface area contributed by atoms with Crippen LogP contribution in [0.25, 0.3) is 16.3 Å². The van der Waals surface area contributed by atoms with Gasteiger partial charge in [-0.1, -0.05) is 65.8 Å². The van der Waals surface area contributed by atoms with E-state index in [4.69, 9.17) is 11.6 Å². The topological polar surface area (TPSA) is 54.4 Å². The second-order valence-electron chi connectivity index (χ2n) is 4.97. The predicted octanol–water partition coefficient (Wildman–Crippen LogP) is 4.77. The number of nitrogens with zero attached hydrogens (tertiary/aromatic N) is 2. The molecule has 2 aromatic carbocycles. The van der Waals surface area contributed by atoms with Crippen molar-refractivity contribution >= 4 is 63.1 Å². The van der Waals surface area contributed by atoms with Crippen LogP contribution in [0, 0.1) is 0 Å². The predicted molar refractivity (Wildman–Crippen MR) is 107 cm³/mol. The molecule has 0 unspecified atom stereocenters. The number of amides is 1. The number of nitrogens with one attached hydrogen (secondary N) is 1.